The van der Waals surface area contributed by atoms with Gasteiger partial charge in [0.1, 0.15) is 0 Å². The molecule has 58 nitrogen and oxygen atoms in total. The van der Waals surface area contributed by atoms with E-state index >= 15 is 0 Å². The van der Waals surface area contributed by atoms with E-state index in [1.165, 1.54) is 0 Å². The van der Waals surface area contributed by atoms with Crippen LogP contribution >= 0.6 is 0 Å². The fraction of sp³-hybridized carbons (Fsp3) is 0. The van der Waals surface area contributed by atoms with Gasteiger partial charge in [0.05, 0.1) is 0 Å². The van der Waals surface area contributed by atoms with Crippen molar-refractivity contribution in [2.45, 2.75) is 0 Å². The van der Waals surface area contributed by atoms with Crippen LogP contribution in [-0.4, -0.2) is 312 Å². The summed E-state index contributed by atoms with van der Waals surface area (Å²) in [6, 6.07) is 0. The number of hydrogen-bond donors (Lipinski definition) is 0. The Kier molecular flexibility index (Phi) is 695000. The number of hydrogen-bond acceptors (Lipinski definition) is 0. The zero-order valence-electron chi connectivity index (χ0n) is 35.6. The molecule has 117 N–H and O–H groups in total. The number of rotatable bonds is 0. The van der Waals surface area contributed by atoms with Crippen molar-refractivity contribution in [2.75, 3.05) is 0 Å². The minimum Gasteiger partial charge on any atom is -0.457 e. The molecule has 560 valence electrons. The summed E-state index contributed by atoms with van der Waals surface area (Å²) >= 11 is 0. The fourth-order valence-electron chi connectivity index (χ4n) is 0. The topological polar surface area (TPSA) is 1830 Å². The van der Waals surface area contributed by atoms with Gasteiger partial charge < -0.3 is 318 Å². The minimum atomic E-state index is 0. The second kappa shape index (κ2) is 7040. The maximum Gasteiger partial charge on any atom is 0 e. The van der Waals surface area contributed by atoms with Crippen molar-refractivity contribution < 1.29 is 655 Å². The first-order chi connectivity index (χ1) is 0. The molecular weight excluding hydrogens is 3870 g/mol. The van der Waals surface area contributed by atoms with E-state index < -0.39 is 0 Å². The average Bonchev–Trinajstić information content (AvgIpc) is 0. The van der Waals surface area contributed by atoms with Crippen molar-refractivity contribution in [1.29, 1.82) is 0 Å². The Hall–Kier alpha value is 8.69. The first kappa shape index (κ1) is 7300. The maximum atomic E-state index is 0. The quantitative estimate of drug-likeness (QED) is 0.204. The molecule has 0 aliphatic carbocycles. The van der Waals surface area contributed by atoms with Crippen LogP contribution in [-0.2, 0) is 343 Å². The second-order valence-electron chi connectivity index (χ2n) is 0. The third-order valence-electron chi connectivity index (χ3n) is 0. The molecule has 0 atom stereocenters. The maximum absolute atomic E-state index is 0. The van der Waals surface area contributed by atoms with Crippen molar-refractivity contribution in [3.05, 3.63) is 0 Å². The van der Waals surface area contributed by atoms with Crippen LogP contribution in [0.3, 0.4) is 0 Å². The molecule has 0 saturated carbocycles. The molecule has 0 bridgehead atoms. The van der Waals surface area contributed by atoms with Crippen molar-refractivity contribution in [3.8, 4) is 0 Å². The summed E-state index contributed by atoms with van der Waals surface area (Å²) in [5, 5.41) is 0. The molecule has 0 rings (SSSR count). The van der Waals surface area contributed by atoms with E-state index in [4.69, 9.17) is 0 Å². The van der Waals surface area contributed by atoms with Crippen LogP contribution in [0.1, 0.15) is 0 Å². The van der Waals surface area contributed by atoms with Gasteiger partial charge in [-0.1, -0.05) is 0 Å². The summed E-state index contributed by atoms with van der Waals surface area (Å²) in [4.78, 5) is 0. The summed E-state index contributed by atoms with van der Waals surface area (Å²) in [5.41, 5.74) is 0. The third-order valence-corrected chi connectivity index (χ3v) is 0. The molecule has 0 amide bonds. The van der Waals surface area contributed by atoms with E-state index in [9.17, 15) is 0 Å². The SMILES string of the molecule is O.O.O.O.O.O.O.O.O.O.O.O.O.O.O.O.O.O.O.O.O.O.O.O.O.O.O.O.O.O.O.O.O.O.O.O.O.O.O.O.O.O.O.O.O.O.O.O.O.O.O.O.O.O.O.O.O.[OH3+].[W].[W].[W].[W].[W].[W].[W].[W].[W].[W].[W].[W].[W].[W].[W].[W]. The zero-order chi connectivity index (χ0) is 0. The molecule has 0 aromatic rings. The van der Waals surface area contributed by atoms with Gasteiger partial charge in [-0.2, -0.15) is 0 Å². The monoisotopic (exact) mass is 3990 g/mol. The van der Waals surface area contributed by atoms with Gasteiger partial charge in [0, 0.05) is 337 Å². The predicted octanol–water partition coefficient (Wildman–Crippen LogP) is -48.0. The minimum absolute atomic E-state index is 0. The van der Waals surface area contributed by atoms with Gasteiger partial charge in [-0.3, -0.25) is 0 Å². The summed E-state index contributed by atoms with van der Waals surface area (Å²) < 4.78 is 0. The van der Waals surface area contributed by atoms with Crippen LogP contribution in [0.2, 0.25) is 0 Å². The van der Waals surface area contributed by atoms with E-state index in [1.54, 1.807) is 0 Å². The van der Waals surface area contributed by atoms with Gasteiger partial charge in [0.25, 0.3) is 0 Å². The zero-order valence-corrected chi connectivity index (χ0v) is 82.5. The van der Waals surface area contributed by atoms with Crippen molar-refractivity contribution in [3.63, 3.8) is 0 Å². The van der Waals surface area contributed by atoms with E-state index in [-0.39, 0.29) is 655 Å². The van der Waals surface area contributed by atoms with Crippen molar-refractivity contribution in [1.82, 2.24) is 0 Å². The van der Waals surface area contributed by atoms with Crippen molar-refractivity contribution >= 4 is 0 Å². The Morgan fingerprint density at radius 2 is 0.0405 bits per heavy atom. The molecule has 0 fully saturated rings. The van der Waals surface area contributed by atoms with Gasteiger partial charge in [0.15, 0.2) is 0 Å². The van der Waals surface area contributed by atoms with Gasteiger partial charge >= 0.3 is 0 Å². The Labute approximate surface area is 645 Å². The molecule has 0 aliphatic heterocycles. The molecule has 74 heteroatoms. The molecule has 0 saturated heterocycles. The van der Waals surface area contributed by atoms with Crippen LogP contribution in [0.4, 0.5) is 0 Å². The summed E-state index contributed by atoms with van der Waals surface area (Å²) in [5.74, 6) is 0. The van der Waals surface area contributed by atoms with Crippen LogP contribution in [0.15, 0.2) is 0 Å². The van der Waals surface area contributed by atoms with E-state index in [0.29, 0.717) is 0 Å². The van der Waals surface area contributed by atoms with Crippen LogP contribution in [0.25, 0.3) is 0 Å². The predicted molar refractivity (Wildman–Crippen MR) is 211 cm³/mol. The normalized spacial score (nSPS) is 0. The summed E-state index contributed by atoms with van der Waals surface area (Å²) in [7, 11) is 0. The average molecular weight is 3990 g/mol. The van der Waals surface area contributed by atoms with E-state index in [2.05, 4.69) is 0 Å². The van der Waals surface area contributed by atoms with Gasteiger partial charge in [0.2, 0.25) is 0 Å². The van der Waals surface area contributed by atoms with Gasteiger partial charge in [-0.25, -0.2) is 0 Å². The van der Waals surface area contributed by atoms with Crippen molar-refractivity contribution in [2.24, 2.45) is 0 Å². The molecule has 0 aromatic heterocycles. The molecule has 0 unspecified atom stereocenters. The van der Waals surface area contributed by atoms with Crippen LogP contribution in [0, 0.1) is 0 Å². The first-order valence-corrected chi connectivity index (χ1v) is 0. The standard InChI is InChI=1S/58H2O.16W/h58*1H2;;;;;;;;;;;;;;;;/p+1. The Balaban J connectivity index is 0. The first-order valence-electron chi connectivity index (χ1n) is 0. The smallest absolute Gasteiger partial charge is 0 e. The van der Waals surface area contributed by atoms with E-state index in [0.717, 1.165) is 0 Å². The van der Waals surface area contributed by atoms with Gasteiger partial charge in [-0.15, -0.1) is 0 Å². The van der Waals surface area contributed by atoms with Gasteiger partial charge in [-0.05, 0) is 0 Å². The third kappa shape index (κ3) is 6780. The van der Waals surface area contributed by atoms with Crippen LogP contribution in [0.5, 0.6) is 0 Å². The molecule has 0 aromatic carbocycles. The molecule has 74 heavy (non-hydrogen) atoms. The van der Waals surface area contributed by atoms with E-state index in [1.807, 2.05) is 0 Å². The Morgan fingerprint density at radius 1 is 0.0405 bits per heavy atom. The Bertz CT molecular complexity index is 55.7. The molecule has 0 radical (unpaired) electrons. The largest absolute Gasteiger partial charge is 0.457 e. The summed E-state index contributed by atoms with van der Waals surface area (Å²) in [6.45, 7) is 0. The molecule has 0 spiro atoms. The second-order valence-corrected chi connectivity index (χ2v) is 0. The molecule has 0 aliphatic rings. The molecular formula is H117O58W16+. The summed E-state index contributed by atoms with van der Waals surface area (Å²) in [6.07, 6.45) is 0. The molecule has 0 heterocycles. The fourth-order valence-corrected chi connectivity index (χ4v) is 0. The Morgan fingerprint density at radius 3 is 0.0405 bits per heavy atom. The van der Waals surface area contributed by atoms with Crippen LogP contribution < -0.4 is 0 Å².